The molecule has 0 unspecified atom stereocenters. The molecule has 19 heavy (non-hydrogen) atoms. The fourth-order valence-corrected chi connectivity index (χ4v) is 1.83. The molecule has 0 bridgehead atoms. The van der Waals surface area contributed by atoms with E-state index in [0.29, 0.717) is 17.3 Å². The van der Waals surface area contributed by atoms with Crippen molar-refractivity contribution in [3.8, 4) is 5.75 Å². The Balaban J connectivity index is 2.05. The van der Waals surface area contributed by atoms with Gasteiger partial charge in [0.25, 0.3) is 0 Å². The lowest BCUT2D eigenvalue weighted by atomic mass is 10.3. The van der Waals surface area contributed by atoms with Gasteiger partial charge in [0, 0.05) is 10.7 Å². The lowest BCUT2D eigenvalue weighted by molar-refractivity contribution is 0.262. The molecule has 1 aromatic heterocycles. The maximum Gasteiger partial charge on any atom is 0.324 e. The minimum absolute atomic E-state index is 0.380. The molecule has 0 spiro atoms. The van der Waals surface area contributed by atoms with Crippen molar-refractivity contribution in [3.63, 3.8) is 0 Å². The van der Waals surface area contributed by atoms with E-state index < -0.39 is 0 Å². The number of aromatic nitrogens is 1. The molecule has 5 nitrogen and oxygen atoms in total. The monoisotopic (exact) mass is 321 g/mol. The Labute approximate surface area is 119 Å². The summed E-state index contributed by atoms with van der Waals surface area (Å²) in [5.74, 6) is 1.06. The Morgan fingerprint density at radius 1 is 1.26 bits per heavy atom. The number of halogens is 1. The van der Waals surface area contributed by atoms with Crippen LogP contribution >= 0.6 is 15.9 Å². The average molecular weight is 322 g/mol. The molecule has 1 aromatic carbocycles. The molecule has 98 valence electrons. The first-order valence-corrected chi connectivity index (χ1v) is 6.31. The van der Waals surface area contributed by atoms with Crippen LogP contribution in [-0.4, -0.2) is 18.1 Å². The SMILES string of the molecule is COc1ccccc1NC(=O)Nc1cc(Br)ccn1. The zero-order valence-electron chi connectivity index (χ0n) is 10.2. The number of rotatable bonds is 3. The second-order valence-corrected chi connectivity index (χ2v) is 4.55. The molecule has 2 N–H and O–H groups in total. The number of carbonyl (C=O) groups excluding carboxylic acids is 1. The third-order valence-corrected chi connectivity index (χ3v) is 2.81. The largest absolute Gasteiger partial charge is 0.495 e. The predicted molar refractivity (Wildman–Crippen MR) is 77.6 cm³/mol. The van der Waals surface area contributed by atoms with Crippen molar-refractivity contribution in [2.75, 3.05) is 17.7 Å². The Morgan fingerprint density at radius 2 is 2.05 bits per heavy atom. The van der Waals surface area contributed by atoms with E-state index in [-0.39, 0.29) is 6.03 Å². The number of benzene rings is 1. The summed E-state index contributed by atoms with van der Waals surface area (Å²) >= 11 is 3.31. The fraction of sp³-hybridized carbons (Fsp3) is 0.0769. The highest BCUT2D eigenvalue weighted by molar-refractivity contribution is 9.10. The van der Waals surface area contributed by atoms with Crippen molar-refractivity contribution in [1.29, 1.82) is 0 Å². The molecule has 0 aliphatic carbocycles. The molecule has 0 aliphatic rings. The standard InChI is InChI=1S/C13H12BrN3O2/c1-19-11-5-3-2-4-10(11)16-13(18)17-12-8-9(14)6-7-15-12/h2-8H,1H3,(H2,15,16,17,18). The molecule has 6 heteroatoms. The fourth-order valence-electron chi connectivity index (χ4n) is 1.49. The van der Waals surface area contributed by atoms with Gasteiger partial charge >= 0.3 is 6.03 Å². The Kier molecular flexibility index (Phi) is 4.35. The van der Waals surface area contributed by atoms with Crippen LogP contribution < -0.4 is 15.4 Å². The number of nitrogens with zero attached hydrogens (tertiary/aromatic N) is 1. The summed E-state index contributed by atoms with van der Waals surface area (Å²) in [6, 6.07) is 10.3. The third-order valence-electron chi connectivity index (χ3n) is 2.32. The van der Waals surface area contributed by atoms with Gasteiger partial charge in [-0.05, 0) is 24.3 Å². The van der Waals surface area contributed by atoms with Crippen LogP contribution in [0.25, 0.3) is 0 Å². The molecule has 2 aromatic rings. The molecule has 0 fully saturated rings. The molecule has 0 aliphatic heterocycles. The number of anilines is 2. The third kappa shape index (κ3) is 3.69. The molecular formula is C13H12BrN3O2. The smallest absolute Gasteiger partial charge is 0.324 e. The lowest BCUT2D eigenvalue weighted by Crippen LogP contribution is -2.20. The summed E-state index contributed by atoms with van der Waals surface area (Å²) in [5, 5.41) is 5.33. The van der Waals surface area contributed by atoms with Gasteiger partial charge in [-0.3, -0.25) is 5.32 Å². The topological polar surface area (TPSA) is 63.2 Å². The highest BCUT2D eigenvalue weighted by Crippen LogP contribution is 2.23. The summed E-state index contributed by atoms with van der Waals surface area (Å²) in [6.45, 7) is 0. The van der Waals surface area contributed by atoms with Crippen molar-refractivity contribution in [2.24, 2.45) is 0 Å². The number of methoxy groups -OCH3 is 1. The number of para-hydroxylation sites is 2. The van der Waals surface area contributed by atoms with Crippen molar-refractivity contribution in [2.45, 2.75) is 0 Å². The summed E-state index contributed by atoms with van der Waals surface area (Å²) in [4.78, 5) is 15.9. The second-order valence-electron chi connectivity index (χ2n) is 3.64. The van der Waals surface area contributed by atoms with E-state index in [1.165, 1.54) is 0 Å². The van der Waals surface area contributed by atoms with Crippen molar-refractivity contribution in [1.82, 2.24) is 4.98 Å². The van der Waals surface area contributed by atoms with E-state index in [0.717, 1.165) is 4.47 Å². The maximum atomic E-state index is 11.8. The minimum Gasteiger partial charge on any atom is -0.495 e. The molecule has 2 rings (SSSR count). The van der Waals surface area contributed by atoms with E-state index in [4.69, 9.17) is 4.74 Å². The van der Waals surface area contributed by atoms with Crippen molar-refractivity contribution < 1.29 is 9.53 Å². The van der Waals surface area contributed by atoms with E-state index in [9.17, 15) is 4.79 Å². The Morgan fingerprint density at radius 3 is 2.79 bits per heavy atom. The van der Waals surface area contributed by atoms with Gasteiger partial charge in [0.1, 0.15) is 11.6 Å². The zero-order valence-corrected chi connectivity index (χ0v) is 11.8. The van der Waals surface area contributed by atoms with Crippen LogP contribution in [0.5, 0.6) is 5.75 Å². The number of ether oxygens (including phenoxy) is 1. The molecule has 0 radical (unpaired) electrons. The summed E-state index contributed by atoms with van der Waals surface area (Å²) in [7, 11) is 1.55. The van der Waals surface area contributed by atoms with Crippen molar-refractivity contribution >= 4 is 33.5 Å². The van der Waals surface area contributed by atoms with E-state index in [2.05, 4.69) is 31.5 Å². The van der Waals surface area contributed by atoms with E-state index >= 15 is 0 Å². The predicted octanol–water partition coefficient (Wildman–Crippen LogP) is 3.50. The molecule has 0 saturated heterocycles. The zero-order chi connectivity index (χ0) is 13.7. The first-order valence-electron chi connectivity index (χ1n) is 5.51. The van der Waals surface area contributed by atoms with E-state index in [1.54, 1.807) is 37.6 Å². The van der Waals surface area contributed by atoms with Gasteiger partial charge < -0.3 is 10.1 Å². The van der Waals surface area contributed by atoms with Gasteiger partial charge in [0.2, 0.25) is 0 Å². The van der Waals surface area contributed by atoms with Crippen LogP contribution in [-0.2, 0) is 0 Å². The normalized spacial score (nSPS) is 9.79. The molecule has 0 atom stereocenters. The number of urea groups is 1. The molecular weight excluding hydrogens is 310 g/mol. The first kappa shape index (κ1) is 13.4. The van der Waals surface area contributed by atoms with Gasteiger partial charge in [-0.25, -0.2) is 9.78 Å². The molecule has 1 heterocycles. The Hall–Kier alpha value is -2.08. The quantitative estimate of drug-likeness (QED) is 0.909. The highest BCUT2D eigenvalue weighted by atomic mass is 79.9. The maximum absolute atomic E-state index is 11.8. The lowest BCUT2D eigenvalue weighted by Gasteiger charge is -2.10. The van der Waals surface area contributed by atoms with Gasteiger partial charge in [-0.15, -0.1) is 0 Å². The first-order chi connectivity index (χ1) is 9.19. The Bertz CT molecular complexity index is 590. The summed E-state index contributed by atoms with van der Waals surface area (Å²) in [5.41, 5.74) is 0.595. The summed E-state index contributed by atoms with van der Waals surface area (Å²) < 4.78 is 5.99. The van der Waals surface area contributed by atoms with Crippen LogP contribution in [0.15, 0.2) is 47.1 Å². The number of pyridine rings is 1. The van der Waals surface area contributed by atoms with Gasteiger partial charge in [-0.2, -0.15) is 0 Å². The van der Waals surface area contributed by atoms with Crippen LogP contribution in [0, 0.1) is 0 Å². The minimum atomic E-state index is -0.380. The van der Waals surface area contributed by atoms with Crippen molar-refractivity contribution in [3.05, 3.63) is 47.1 Å². The number of nitrogens with one attached hydrogen (secondary N) is 2. The van der Waals surface area contributed by atoms with Crippen LogP contribution in [0.4, 0.5) is 16.3 Å². The molecule has 0 saturated carbocycles. The van der Waals surface area contributed by atoms with Crippen LogP contribution in [0.3, 0.4) is 0 Å². The number of carbonyl (C=O) groups is 1. The van der Waals surface area contributed by atoms with Crippen LogP contribution in [0.2, 0.25) is 0 Å². The second kappa shape index (κ2) is 6.19. The van der Waals surface area contributed by atoms with Gasteiger partial charge in [0.15, 0.2) is 0 Å². The number of hydrogen-bond donors (Lipinski definition) is 2. The van der Waals surface area contributed by atoms with Crippen LogP contribution in [0.1, 0.15) is 0 Å². The summed E-state index contributed by atoms with van der Waals surface area (Å²) in [6.07, 6.45) is 1.60. The van der Waals surface area contributed by atoms with Gasteiger partial charge in [0.05, 0.1) is 12.8 Å². The van der Waals surface area contributed by atoms with Gasteiger partial charge in [-0.1, -0.05) is 28.1 Å². The average Bonchev–Trinajstić information content (AvgIpc) is 2.39. The van der Waals surface area contributed by atoms with E-state index in [1.807, 2.05) is 12.1 Å². The number of amides is 2. The highest BCUT2D eigenvalue weighted by Gasteiger charge is 2.07. The number of hydrogen-bond acceptors (Lipinski definition) is 3. The molecule has 2 amide bonds.